The Hall–Kier alpha value is -1.17. The molecule has 1 aromatic heterocycles. The molecule has 3 rings (SSSR count). The van der Waals surface area contributed by atoms with Crippen molar-refractivity contribution in [3.63, 3.8) is 0 Å². The summed E-state index contributed by atoms with van der Waals surface area (Å²) in [6.45, 7) is 3.69. The molecule has 20 heavy (non-hydrogen) atoms. The molecule has 1 aromatic carbocycles. The van der Waals surface area contributed by atoms with Crippen molar-refractivity contribution in [2.45, 2.75) is 6.04 Å². The van der Waals surface area contributed by atoms with E-state index < -0.39 is 0 Å². The van der Waals surface area contributed by atoms with E-state index in [0.29, 0.717) is 4.47 Å². The third-order valence-corrected chi connectivity index (χ3v) is 4.44. The largest absolute Gasteiger partial charge is 0.467 e. The molecule has 1 saturated heterocycles. The Morgan fingerprint density at radius 1 is 1.20 bits per heavy atom. The number of furan rings is 1. The van der Waals surface area contributed by atoms with E-state index in [2.05, 4.69) is 26.1 Å². The predicted octanol–water partition coefficient (Wildman–Crippen LogP) is 3.18. The van der Waals surface area contributed by atoms with E-state index in [1.807, 2.05) is 18.2 Å². The number of hydrogen-bond acceptors (Lipinski definition) is 3. The zero-order valence-corrected chi connectivity index (χ0v) is 12.6. The first-order chi connectivity index (χ1) is 9.77. The number of halogens is 2. The van der Waals surface area contributed by atoms with Crippen LogP contribution in [0, 0.1) is 5.82 Å². The van der Waals surface area contributed by atoms with Crippen molar-refractivity contribution < 1.29 is 8.81 Å². The van der Waals surface area contributed by atoms with Crippen LogP contribution in [0.4, 0.5) is 4.39 Å². The van der Waals surface area contributed by atoms with Crippen molar-refractivity contribution >= 4 is 15.9 Å². The fraction of sp³-hybridized carbons (Fsp3) is 0.333. The molecule has 0 spiro atoms. The lowest BCUT2D eigenvalue weighted by Gasteiger charge is -2.34. The van der Waals surface area contributed by atoms with Crippen LogP contribution in [0.25, 0.3) is 0 Å². The monoisotopic (exact) mass is 338 g/mol. The number of hydrogen-bond donors (Lipinski definition) is 1. The molecule has 0 unspecified atom stereocenters. The van der Waals surface area contributed by atoms with E-state index in [1.165, 1.54) is 6.07 Å². The van der Waals surface area contributed by atoms with Gasteiger partial charge in [0.05, 0.1) is 16.8 Å². The van der Waals surface area contributed by atoms with Crippen molar-refractivity contribution in [1.82, 2.24) is 10.2 Å². The predicted molar refractivity (Wildman–Crippen MR) is 79.1 cm³/mol. The maximum absolute atomic E-state index is 13.8. The Kier molecular flexibility index (Phi) is 4.19. The van der Waals surface area contributed by atoms with Gasteiger partial charge in [0.1, 0.15) is 11.6 Å². The summed E-state index contributed by atoms with van der Waals surface area (Å²) in [5, 5.41) is 3.33. The van der Waals surface area contributed by atoms with Crippen LogP contribution in [-0.2, 0) is 0 Å². The standard InChI is InChI=1S/C15H16BrFN2O/c16-14-11(3-1-4-12(14)17)15(13-5-2-10-20-13)19-8-6-18-7-9-19/h1-5,10,15,18H,6-9H2/t15-/m0/s1. The molecular weight excluding hydrogens is 323 g/mol. The topological polar surface area (TPSA) is 28.4 Å². The van der Waals surface area contributed by atoms with Gasteiger partial charge in [0.25, 0.3) is 0 Å². The highest BCUT2D eigenvalue weighted by Crippen LogP contribution is 2.35. The van der Waals surface area contributed by atoms with Gasteiger partial charge in [0, 0.05) is 26.2 Å². The normalized spacial score (nSPS) is 18.1. The third-order valence-electron chi connectivity index (χ3n) is 3.61. The molecule has 1 atom stereocenters. The van der Waals surface area contributed by atoms with Gasteiger partial charge in [0.15, 0.2) is 0 Å². The molecule has 2 heterocycles. The van der Waals surface area contributed by atoms with Gasteiger partial charge >= 0.3 is 0 Å². The summed E-state index contributed by atoms with van der Waals surface area (Å²) in [6.07, 6.45) is 1.66. The SMILES string of the molecule is Fc1cccc([C@@H](c2ccco2)N2CCNCC2)c1Br. The second-order valence-electron chi connectivity index (χ2n) is 4.85. The molecule has 2 aromatic rings. The zero-order chi connectivity index (χ0) is 13.9. The van der Waals surface area contributed by atoms with E-state index in [1.54, 1.807) is 12.3 Å². The van der Waals surface area contributed by atoms with Crippen LogP contribution in [0.3, 0.4) is 0 Å². The molecule has 106 valence electrons. The van der Waals surface area contributed by atoms with Crippen LogP contribution in [0.1, 0.15) is 17.4 Å². The summed E-state index contributed by atoms with van der Waals surface area (Å²) in [4.78, 5) is 2.31. The molecule has 1 fully saturated rings. The van der Waals surface area contributed by atoms with Crippen LogP contribution in [-0.4, -0.2) is 31.1 Å². The number of nitrogens with one attached hydrogen (secondary N) is 1. The minimum absolute atomic E-state index is 0.0582. The summed E-state index contributed by atoms with van der Waals surface area (Å²) < 4.78 is 19.9. The van der Waals surface area contributed by atoms with Gasteiger partial charge in [-0.3, -0.25) is 4.90 Å². The molecule has 1 N–H and O–H groups in total. The Balaban J connectivity index is 2.03. The maximum atomic E-state index is 13.8. The first kappa shape index (κ1) is 13.8. The van der Waals surface area contributed by atoms with Gasteiger partial charge in [0.2, 0.25) is 0 Å². The molecule has 0 saturated carbocycles. The molecule has 1 aliphatic rings. The van der Waals surface area contributed by atoms with E-state index in [4.69, 9.17) is 4.42 Å². The quantitative estimate of drug-likeness (QED) is 0.931. The van der Waals surface area contributed by atoms with Crippen molar-refractivity contribution in [3.05, 3.63) is 58.2 Å². The van der Waals surface area contributed by atoms with E-state index in [9.17, 15) is 4.39 Å². The van der Waals surface area contributed by atoms with Crippen molar-refractivity contribution in [2.75, 3.05) is 26.2 Å². The second kappa shape index (κ2) is 6.08. The van der Waals surface area contributed by atoms with Gasteiger partial charge in [-0.25, -0.2) is 4.39 Å². The van der Waals surface area contributed by atoms with Crippen LogP contribution in [0.2, 0.25) is 0 Å². The molecule has 3 nitrogen and oxygen atoms in total. The Labute approximate surface area is 125 Å². The lowest BCUT2D eigenvalue weighted by atomic mass is 10.0. The van der Waals surface area contributed by atoms with Crippen LogP contribution >= 0.6 is 15.9 Å². The lowest BCUT2D eigenvalue weighted by molar-refractivity contribution is 0.179. The zero-order valence-electron chi connectivity index (χ0n) is 11.0. The summed E-state index contributed by atoms with van der Waals surface area (Å²) in [6, 6.07) is 8.92. The number of rotatable bonds is 3. The Morgan fingerprint density at radius 3 is 2.70 bits per heavy atom. The van der Waals surface area contributed by atoms with Crippen LogP contribution < -0.4 is 5.32 Å². The van der Waals surface area contributed by atoms with Gasteiger partial charge in [-0.1, -0.05) is 12.1 Å². The summed E-state index contributed by atoms with van der Waals surface area (Å²) in [5.74, 6) is 0.604. The Bertz CT molecular complexity index is 567. The summed E-state index contributed by atoms with van der Waals surface area (Å²) in [5.41, 5.74) is 0.904. The average molecular weight is 339 g/mol. The smallest absolute Gasteiger partial charge is 0.137 e. The first-order valence-electron chi connectivity index (χ1n) is 6.69. The highest BCUT2D eigenvalue weighted by Gasteiger charge is 2.28. The number of piperazine rings is 1. The minimum atomic E-state index is -0.241. The molecular formula is C15H16BrFN2O. The third kappa shape index (κ3) is 2.66. The van der Waals surface area contributed by atoms with Gasteiger partial charge in [-0.2, -0.15) is 0 Å². The highest BCUT2D eigenvalue weighted by atomic mass is 79.9. The summed E-state index contributed by atoms with van der Waals surface area (Å²) >= 11 is 3.37. The maximum Gasteiger partial charge on any atom is 0.137 e. The Morgan fingerprint density at radius 2 is 2.00 bits per heavy atom. The molecule has 0 amide bonds. The fourth-order valence-corrected chi connectivity index (χ4v) is 3.13. The van der Waals surface area contributed by atoms with Gasteiger partial charge < -0.3 is 9.73 Å². The summed E-state index contributed by atoms with van der Waals surface area (Å²) in [7, 11) is 0. The van der Waals surface area contributed by atoms with Crippen LogP contribution in [0.15, 0.2) is 45.5 Å². The number of nitrogens with zero attached hydrogens (tertiary/aromatic N) is 1. The molecule has 5 heteroatoms. The van der Waals surface area contributed by atoms with E-state index in [-0.39, 0.29) is 11.9 Å². The van der Waals surface area contributed by atoms with Gasteiger partial charge in [-0.05, 0) is 39.7 Å². The average Bonchev–Trinajstić information content (AvgIpc) is 2.99. The molecule has 0 radical (unpaired) electrons. The minimum Gasteiger partial charge on any atom is -0.467 e. The van der Waals surface area contributed by atoms with E-state index >= 15 is 0 Å². The second-order valence-corrected chi connectivity index (χ2v) is 5.64. The first-order valence-corrected chi connectivity index (χ1v) is 7.49. The molecule has 0 aliphatic carbocycles. The van der Waals surface area contributed by atoms with Crippen molar-refractivity contribution in [3.8, 4) is 0 Å². The highest BCUT2D eigenvalue weighted by molar-refractivity contribution is 9.10. The molecule has 0 bridgehead atoms. The lowest BCUT2D eigenvalue weighted by Crippen LogP contribution is -2.45. The van der Waals surface area contributed by atoms with Gasteiger partial charge in [-0.15, -0.1) is 0 Å². The van der Waals surface area contributed by atoms with Crippen molar-refractivity contribution in [2.24, 2.45) is 0 Å². The van der Waals surface area contributed by atoms with E-state index in [0.717, 1.165) is 37.5 Å². The number of benzene rings is 1. The molecule has 1 aliphatic heterocycles. The fourth-order valence-electron chi connectivity index (χ4n) is 2.65. The van der Waals surface area contributed by atoms with Crippen molar-refractivity contribution in [1.29, 1.82) is 0 Å². The van der Waals surface area contributed by atoms with Crippen LogP contribution in [0.5, 0.6) is 0 Å².